The third kappa shape index (κ3) is 1.58. The number of aromatic hydroxyl groups is 1. The molecule has 0 aliphatic heterocycles. The Bertz CT molecular complexity index is 455. The van der Waals surface area contributed by atoms with Gasteiger partial charge in [-0.2, -0.15) is 0 Å². The maximum Gasteiger partial charge on any atom is 0.345 e. The fourth-order valence-corrected chi connectivity index (χ4v) is 2.64. The highest BCUT2D eigenvalue weighted by Crippen LogP contribution is 2.54. The van der Waals surface area contributed by atoms with E-state index in [9.17, 15) is 9.67 Å². The Kier molecular flexibility index (Phi) is 2.17. The van der Waals surface area contributed by atoms with Gasteiger partial charge in [0.1, 0.15) is 11.0 Å². The lowest BCUT2D eigenvalue weighted by atomic mass is 10.1. The molecule has 0 amide bonds. The van der Waals surface area contributed by atoms with Crippen molar-refractivity contribution in [2.45, 2.75) is 18.1 Å². The summed E-state index contributed by atoms with van der Waals surface area (Å²) in [5.41, 5.74) is 6.93. The molecule has 1 aromatic rings. The number of benzene rings is 1. The predicted molar refractivity (Wildman–Crippen MR) is 54.5 cm³/mol. The van der Waals surface area contributed by atoms with E-state index >= 15 is 0 Å². The number of hydrogen-bond donors (Lipinski definition) is 4. The summed E-state index contributed by atoms with van der Waals surface area (Å²) in [6.45, 7) is 0. The number of phenols is 1. The molecule has 15 heavy (non-hydrogen) atoms. The molecule has 2 rings (SSSR count). The van der Waals surface area contributed by atoms with Gasteiger partial charge in [0.2, 0.25) is 0 Å². The van der Waals surface area contributed by atoms with E-state index in [1.54, 1.807) is 12.1 Å². The zero-order chi connectivity index (χ0) is 11.3. The van der Waals surface area contributed by atoms with E-state index in [1.807, 2.05) is 0 Å². The van der Waals surface area contributed by atoms with Crippen LogP contribution in [-0.2, 0) is 17.4 Å². The molecule has 1 aromatic carbocycles. The topological polar surface area (TPSA) is 104 Å². The molecule has 1 aliphatic carbocycles. The Morgan fingerprint density at radius 3 is 2.53 bits per heavy atom. The molecular weight excluding hydrogens is 217 g/mol. The fourth-order valence-electron chi connectivity index (χ4n) is 1.90. The molecule has 0 aromatic heterocycles. The smallest absolute Gasteiger partial charge is 0.345 e. The molecule has 0 radical (unpaired) electrons. The van der Waals surface area contributed by atoms with Crippen molar-refractivity contribution in [3.8, 4) is 5.75 Å². The molecule has 0 heterocycles. The number of phenolic OH excluding ortho intramolecular Hbond substituents is 1. The second kappa shape index (κ2) is 3.06. The van der Waals surface area contributed by atoms with Crippen molar-refractivity contribution in [2.75, 3.05) is 0 Å². The molecule has 0 saturated carbocycles. The van der Waals surface area contributed by atoms with E-state index in [2.05, 4.69) is 0 Å². The summed E-state index contributed by atoms with van der Waals surface area (Å²) in [5.74, 6) is 0.0493. The van der Waals surface area contributed by atoms with E-state index in [0.717, 1.165) is 0 Å². The summed E-state index contributed by atoms with van der Waals surface area (Å²) in [6, 6.07) is 4.85. The highest BCUT2D eigenvalue weighted by atomic mass is 31.2. The van der Waals surface area contributed by atoms with Crippen LogP contribution in [-0.4, -0.2) is 20.2 Å². The lowest BCUT2D eigenvalue weighted by Crippen LogP contribution is -2.40. The largest absolute Gasteiger partial charge is 0.508 e. The molecule has 1 aliphatic rings. The van der Waals surface area contributed by atoms with Gasteiger partial charge in [-0.1, -0.05) is 12.1 Å². The first-order chi connectivity index (χ1) is 6.83. The van der Waals surface area contributed by atoms with Gasteiger partial charge in [-0.15, -0.1) is 0 Å². The van der Waals surface area contributed by atoms with Gasteiger partial charge in [0.15, 0.2) is 0 Å². The summed E-state index contributed by atoms with van der Waals surface area (Å²) in [6.07, 6.45) is 0.111. The van der Waals surface area contributed by atoms with E-state index in [4.69, 9.17) is 15.5 Å². The first-order valence-corrected chi connectivity index (χ1v) is 6.09. The average molecular weight is 229 g/mol. The minimum absolute atomic E-state index is 0.0132. The molecule has 5 nitrogen and oxygen atoms in total. The van der Waals surface area contributed by atoms with Gasteiger partial charge in [-0.05, 0) is 17.2 Å². The second-order valence-electron chi connectivity index (χ2n) is 3.92. The standard InChI is InChI=1S/C9H12NO4P/c10-9(15(12,13)14)4-6-2-1-3-8(11)7(6)5-9/h1-3,11H,4-5,10H2,(H2,12,13,14)/t9-/m1/s1. The number of fused-ring (bicyclic) bond motifs is 1. The second-order valence-corrected chi connectivity index (χ2v) is 5.89. The molecule has 0 bridgehead atoms. The third-order valence-electron chi connectivity index (χ3n) is 2.81. The Hall–Kier alpha value is -0.870. The van der Waals surface area contributed by atoms with Gasteiger partial charge >= 0.3 is 7.60 Å². The van der Waals surface area contributed by atoms with Crippen LogP contribution in [0.15, 0.2) is 18.2 Å². The number of rotatable bonds is 1. The number of nitrogens with two attached hydrogens (primary N) is 1. The van der Waals surface area contributed by atoms with Crippen molar-refractivity contribution < 1.29 is 19.5 Å². The van der Waals surface area contributed by atoms with Crippen molar-refractivity contribution in [1.29, 1.82) is 0 Å². The Morgan fingerprint density at radius 1 is 1.33 bits per heavy atom. The quantitative estimate of drug-likeness (QED) is 0.519. The molecule has 6 heteroatoms. The minimum Gasteiger partial charge on any atom is -0.508 e. The number of hydrogen-bond acceptors (Lipinski definition) is 3. The third-order valence-corrected chi connectivity index (χ3v) is 4.28. The molecule has 5 N–H and O–H groups in total. The van der Waals surface area contributed by atoms with Gasteiger partial charge in [-0.3, -0.25) is 4.57 Å². The summed E-state index contributed by atoms with van der Waals surface area (Å²) < 4.78 is 11.2. The Balaban J connectivity index is 2.46. The van der Waals surface area contributed by atoms with E-state index in [0.29, 0.717) is 11.1 Å². The van der Waals surface area contributed by atoms with E-state index in [-0.39, 0.29) is 18.6 Å². The van der Waals surface area contributed by atoms with Crippen LogP contribution in [0.4, 0.5) is 0 Å². The van der Waals surface area contributed by atoms with Crippen molar-refractivity contribution in [2.24, 2.45) is 5.73 Å². The molecular formula is C9H12NO4P. The average Bonchev–Trinajstić information content (AvgIpc) is 2.43. The van der Waals surface area contributed by atoms with Crippen molar-refractivity contribution in [1.82, 2.24) is 0 Å². The summed E-state index contributed by atoms with van der Waals surface area (Å²) in [5, 5.41) is 7.96. The first-order valence-electron chi connectivity index (χ1n) is 4.48. The van der Waals surface area contributed by atoms with Gasteiger partial charge in [-0.25, -0.2) is 0 Å². The lowest BCUT2D eigenvalue weighted by Gasteiger charge is -2.24. The fraction of sp³-hybridized carbons (Fsp3) is 0.333. The van der Waals surface area contributed by atoms with Gasteiger partial charge in [0.05, 0.1) is 0 Å². The van der Waals surface area contributed by atoms with Crippen LogP contribution in [0.3, 0.4) is 0 Å². The zero-order valence-corrected chi connectivity index (χ0v) is 8.82. The summed E-state index contributed by atoms with van der Waals surface area (Å²) in [4.78, 5) is 18.3. The van der Waals surface area contributed by atoms with Gasteiger partial charge in [0.25, 0.3) is 0 Å². The van der Waals surface area contributed by atoms with Gasteiger partial charge < -0.3 is 20.6 Å². The Morgan fingerprint density at radius 2 is 2.00 bits per heavy atom. The molecule has 0 fully saturated rings. The van der Waals surface area contributed by atoms with E-state index < -0.39 is 12.9 Å². The summed E-state index contributed by atoms with van der Waals surface area (Å²) >= 11 is 0. The Labute approximate surface area is 86.7 Å². The zero-order valence-electron chi connectivity index (χ0n) is 7.92. The highest BCUT2D eigenvalue weighted by molar-refractivity contribution is 7.53. The van der Waals surface area contributed by atoms with Crippen molar-refractivity contribution in [3.63, 3.8) is 0 Å². The van der Waals surface area contributed by atoms with Crippen LogP contribution in [0.1, 0.15) is 11.1 Å². The molecule has 0 unspecified atom stereocenters. The maximum absolute atomic E-state index is 11.2. The maximum atomic E-state index is 11.2. The first kappa shape index (κ1) is 10.6. The SMILES string of the molecule is N[C@@]1(P(=O)(O)O)Cc2cccc(O)c2C1. The summed E-state index contributed by atoms with van der Waals surface area (Å²) in [7, 11) is -4.36. The predicted octanol–water partition coefficient (Wildman–Crippen LogP) is 0.323. The van der Waals surface area contributed by atoms with E-state index in [1.165, 1.54) is 6.07 Å². The van der Waals surface area contributed by atoms with Crippen LogP contribution in [0.5, 0.6) is 5.75 Å². The molecule has 0 spiro atoms. The monoisotopic (exact) mass is 229 g/mol. The molecule has 82 valence electrons. The van der Waals surface area contributed by atoms with Crippen molar-refractivity contribution >= 4 is 7.60 Å². The van der Waals surface area contributed by atoms with Crippen LogP contribution < -0.4 is 5.73 Å². The minimum atomic E-state index is -4.36. The van der Waals surface area contributed by atoms with Crippen LogP contribution in [0.25, 0.3) is 0 Å². The van der Waals surface area contributed by atoms with Gasteiger partial charge in [0, 0.05) is 12.8 Å². The van der Waals surface area contributed by atoms with Crippen LogP contribution in [0, 0.1) is 0 Å². The normalized spacial score (nSPS) is 25.3. The van der Waals surface area contributed by atoms with Crippen LogP contribution in [0.2, 0.25) is 0 Å². The van der Waals surface area contributed by atoms with Crippen molar-refractivity contribution in [3.05, 3.63) is 29.3 Å². The molecule has 0 saturated heterocycles. The molecule has 1 atom stereocenters. The highest BCUT2D eigenvalue weighted by Gasteiger charge is 2.48. The van der Waals surface area contributed by atoms with Crippen LogP contribution >= 0.6 is 7.60 Å². The lowest BCUT2D eigenvalue weighted by molar-refractivity contribution is 0.326.